The Morgan fingerprint density at radius 2 is 1.68 bits per heavy atom. The van der Waals surface area contributed by atoms with Crippen molar-refractivity contribution in [1.29, 1.82) is 0 Å². The molecule has 1 saturated heterocycles. The summed E-state index contributed by atoms with van der Waals surface area (Å²) in [6, 6.07) is 14.2. The molecule has 1 heterocycles. The molecule has 1 fully saturated rings. The topological polar surface area (TPSA) is 79.0 Å². The van der Waals surface area contributed by atoms with Crippen molar-refractivity contribution in [2.45, 2.75) is 37.2 Å². The van der Waals surface area contributed by atoms with Gasteiger partial charge in [-0.25, -0.2) is 8.42 Å². The van der Waals surface area contributed by atoms with Gasteiger partial charge in [0.2, 0.25) is 15.9 Å². The summed E-state index contributed by atoms with van der Waals surface area (Å²) in [6.07, 6.45) is 3.75. The number of hydrogen-bond acceptors (Lipinski definition) is 5. The highest BCUT2D eigenvalue weighted by molar-refractivity contribution is 7.89. The second kappa shape index (κ2) is 10.7. The number of nitrogens with zero attached hydrogens (tertiary/aromatic N) is 2. The number of piperidine rings is 1. The summed E-state index contributed by atoms with van der Waals surface area (Å²) in [4.78, 5) is 15.0. The van der Waals surface area contributed by atoms with E-state index in [1.54, 1.807) is 12.1 Å². The van der Waals surface area contributed by atoms with Gasteiger partial charge in [0.15, 0.2) is 0 Å². The zero-order chi connectivity index (χ0) is 22.3. The maximum atomic E-state index is 12.7. The van der Waals surface area contributed by atoms with Crippen molar-refractivity contribution in [3.63, 3.8) is 0 Å². The van der Waals surface area contributed by atoms with Crippen LogP contribution >= 0.6 is 0 Å². The van der Waals surface area contributed by atoms with E-state index in [0.29, 0.717) is 12.3 Å². The number of carbonyl (C=O) groups is 1. The highest BCUT2D eigenvalue weighted by Crippen LogP contribution is 2.19. The van der Waals surface area contributed by atoms with Crippen molar-refractivity contribution >= 4 is 15.9 Å². The number of rotatable bonds is 9. The number of likely N-dealkylation sites (N-methyl/N-ethyl adjacent to an activating group) is 1. The van der Waals surface area contributed by atoms with Crippen molar-refractivity contribution < 1.29 is 17.9 Å². The predicted molar refractivity (Wildman–Crippen MR) is 120 cm³/mol. The molecule has 0 unspecified atom stereocenters. The van der Waals surface area contributed by atoms with Crippen LogP contribution in [0, 0.1) is 0 Å². The highest BCUT2D eigenvalue weighted by atomic mass is 32.2. The number of benzene rings is 2. The molecular formula is C23H31N3O4S. The minimum atomic E-state index is -3.76. The first-order chi connectivity index (χ1) is 14.9. The SMILES string of the molecule is COc1ccc(S(=O)(=O)N(C)CC(=O)NCc2ccccc2CN2CCCCC2)cc1. The third-order valence-corrected chi connectivity index (χ3v) is 7.39. The van der Waals surface area contributed by atoms with Gasteiger partial charge in [0.05, 0.1) is 18.6 Å². The molecule has 1 N–H and O–H groups in total. The summed E-state index contributed by atoms with van der Waals surface area (Å²) in [6.45, 7) is 3.21. The van der Waals surface area contributed by atoms with Crippen molar-refractivity contribution in [1.82, 2.24) is 14.5 Å². The van der Waals surface area contributed by atoms with Gasteiger partial charge in [0.25, 0.3) is 0 Å². The molecule has 3 rings (SSSR count). The molecule has 0 aromatic heterocycles. The van der Waals surface area contributed by atoms with Gasteiger partial charge in [0.1, 0.15) is 5.75 Å². The zero-order valence-corrected chi connectivity index (χ0v) is 19.0. The first-order valence-corrected chi connectivity index (χ1v) is 12.0. The molecule has 2 aromatic rings. The molecule has 2 aromatic carbocycles. The monoisotopic (exact) mass is 445 g/mol. The molecular weight excluding hydrogens is 414 g/mol. The summed E-state index contributed by atoms with van der Waals surface area (Å²) in [5, 5.41) is 2.87. The number of methoxy groups -OCH3 is 1. The van der Waals surface area contributed by atoms with Crippen LogP contribution in [0.15, 0.2) is 53.4 Å². The average Bonchev–Trinajstić information content (AvgIpc) is 2.79. The summed E-state index contributed by atoms with van der Waals surface area (Å²) in [7, 11) is -0.834. The maximum absolute atomic E-state index is 12.7. The molecule has 0 atom stereocenters. The van der Waals surface area contributed by atoms with E-state index in [1.165, 1.54) is 51.1 Å². The molecule has 0 spiro atoms. The van der Waals surface area contributed by atoms with Crippen molar-refractivity contribution in [2.24, 2.45) is 0 Å². The van der Waals surface area contributed by atoms with Crippen molar-refractivity contribution in [3.05, 3.63) is 59.7 Å². The Hall–Kier alpha value is -2.42. The molecule has 0 saturated carbocycles. The lowest BCUT2D eigenvalue weighted by atomic mass is 10.0. The lowest BCUT2D eigenvalue weighted by molar-refractivity contribution is -0.121. The lowest BCUT2D eigenvalue weighted by Gasteiger charge is -2.27. The van der Waals surface area contributed by atoms with Crippen molar-refractivity contribution in [2.75, 3.05) is 33.8 Å². The van der Waals surface area contributed by atoms with Crippen LogP contribution in [0.1, 0.15) is 30.4 Å². The Bertz CT molecular complexity index is 971. The van der Waals surface area contributed by atoms with Crippen LogP contribution in [0.5, 0.6) is 5.75 Å². The largest absolute Gasteiger partial charge is 0.497 e. The van der Waals surface area contributed by atoms with E-state index in [0.717, 1.165) is 29.5 Å². The van der Waals surface area contributed by atoms with E-state index < -0.39 is 10.0 Å². The van der Waals surface area contributed by atoms with Crippen molar-refractivity contribution in [3.8, 4) is 5.75 Å². The van der Waals surface area contributed by atoms with E-state index in [2.05, 4.69) is 16.3 Å². The van der Waals surface area contributed by atoms with Gasteiger partial charge >= 0.3 is 0 Å². The molecule has 8 heteroatoms. The first kappa shape index (κ1) is 23.2. The molecule has 31 heavy (non-hydrogen) atoms. The number of carbonyl (C=O) groups excluding carboxylic acids is 1. The standard InChI is InChI=1S/C23H31N3O4S/c1-25(31(28,29)22-12-10-21(30-2)11-13-22)18-23(27)24-16-19-8-4-5-9-20(19)17-26-14-6-3-7-15-26/h4-5,8-13H,3,6-7,14-18H2,1-2H3,(H,24,27). The Morgan fingerprint density at radius 3 is 2.32 bits per heavy atom. The molecule has 1 aliphatic heterocycles. The Kier molecular flexibility index (Phi) is 8.06. The van der Waals surface area contributed by atoms with Crippen LogP contribution in [0.25, 0.3) is 0 Å². The number of sulfonamides is 1. The summed E-state index contributed by atoms with van der Waals surface area (Å²) < 4.78 is 31.6. The smallest absolute Gasteiger partial charge is 0.243 e. The Labute approximate surface area is 185 Å². The third kappa shape index (κ3) is 6.29. The number of nitrogens with one attached hydrogen (secondary N) is 1. The van der Waals surface area contributed by atoms with Gasteiger partial charge in [-0.2, -0.15) is 4.31 Å². The average molecular weight is 446 g/mol. The van der Waals surface area contributed by atoms with Crippen LogP contribution < -0.4 is 10.1 Å². The Morgan fingerprint density at radius 1 is 1.03 bits per heavy atom. The van der Waals surface area contributed by atoms with Gasteiger partial charge in [-0.1, -0.05) is 30.7 Å². The van der Waals surface area contributed by atoms with Crippen LogP contribution in [0.2, 0.25) is 0 Å². The van der Waals surface area contributed by atoms with Gasteiger partial charge in [0, 0.05) is 20.1 Å². The van der Waals surface area contributed by atoms with Crippen LogP contribution in [-0.2, 0) is 27.9 Å². The fraction of sp³-hybridized carbons (Fsp3) is 0.435. The molecule has 0 radical (unpaired) electrons. The van der Waals surface area contributed by atoms with Crippen LogP contribution in [0.4, 0.5) is 0 Å². The van der Waals surface area contributed by atoms with Gasteiger partial charge in [-0.15, -0.1) is 0 Å². The quantitative estimate of drug-likeness (QED) is 0.642. The van der Waals surface area contributed by atoms with Gasteiger partial charge in [-0.05, 0) is 61.3 Å². The normalized spacial score (nSPS) is 15.1. The highest BCUT2D eigenvalue weighted by Gasteiger charge is 2.23. The molecule has 0 bridgehead atoms. The predicted octanol–water partition coefficient (Wildman–Crippen LogP) is 2.62. The first-order valence-electron chi connectivity index (χ1n) is 10.6. The number of hydrogen-bond donors (Lipinski definition) is 1. The van der Waals surface area contributed by atoms with Gasteiger partial charge in [-0.3, -0.25) is 9.69 Å². The third-order valence-electron chi connectivity index (χ3n) is 5.57. The van der Waals surface area contributed by atoms with E-state index >= 15 is 0 Å². The zero-order valence-electron chi connectivity index (χ0n) is 18.2. The van der Waals surface area contributed by atoms with E-state index in [4.69, 9.17) is 4.74 Å². The Balaban J connectivity index is 1.57. The second-order valence-electron chi connectivity index (χ2n) is 7.82. The summed E-state index contributed by atoms with van der Waals surface area (Å²) in [5.74, 6) is 0.231. The number of likely N-dealkylation sites (tertiary alicyclic amines) is 1. The fourth-order valence-electron chi connectivity index (χ4n) is 3.71. The van der Waals surface area contributed by atoms with Gasteiger partial charge < -0.3 is 10.1 Å². The number of amides is 1. The molecule has 0 aliphatic carbocycles. The minimum absolute atomic E-state index is 0.121. The maximum Gasteiger partial charge on any atom is 0.243 e. The second-order valence-corrected chi connectivity index (χ2v) is 9.86. The molecule has 1 aliphatic rings. The van der Waals surface area contributed by atoms with Crippen LogP contribution in [0.3, 0.4) is 0 Å². The summed E-state index contributed by atoms with van der Waals surface area (Å²) in [5.41, 5.74) is 2.26. The van der Waals surface area contributed by atoms with E-state index in [9.17, 15) is 13.2 Å². The molecule has 7 nitrogen and oxygen atoms in total. The molecule has 168 valence electrons. The summed E-state index contributed by atoms with van der Waals surface area (Å²) >= 11 is 0. The van der Waals surface area contributed by atoms with Crippen LogP contribution in [-0.4, -0.2) is 57.3 Å². The minimum Gasteiger partial charge on any atom is -0.497 e. The molecule has 1 amide bonds. The van der Waals surface area contributed by atoms with E-state index in [-0.39, 0.29) is 17.3 Å². The lowest BCUT2D eigenvalue weighted by Crippen LogP contribution is -2.38. The fourth-order valence-corrected chi connectivity index (χ4v) is 4.83. The number of ether oxygens (including phenoxy) is 1. The van der Waals surface area contributed by atoms with E-state index in [1.807, 2.05) is 18.2 Å².